The summed E-state index contributed by atoms with van der Waals surface area (Å²) >= 11 is 0. The summed E-state index contributed by atoms with van der Waals surface area (Å²) in [7, 11) is 0. The zero-order chi connectivity index (χ0) is 92.3. The molecule has 5 aliphatic heterocycles. The Labute approximate surface area is 737 Å². The number of ether oxygens (including phenoxy) is 6. The number of fused-ring (bicyclic) bond motifs is 10. The number of aryl methyl sites for hydroxylation is 2. The zero-order valence-corrected chi connectivity index (χ0v) is 71.8. The number of cyclic esters (lactones) is 2. The summed E-state index contributed by atoms with van der Waals surface area (Å²) in [4.78, 5) is 212. The van der Waals surface area contributed by atoms with Crippen molar-refractivity contribution in [1.82, 2.24) is 60.8 Å². The summed E-state index contributed by atoms with van der Waals surface area (Å²) < 4.78 is 36.0. The molecule has 5 atom stereocenters. The second kappa shape index (κ2) is 40.1. The van der Waals surface area contributed by atoms with Gasteiger partial charge in [0.2, 0.25) is 35.4 Å². The van der Waals surface area contributed by atoms with Gasteiger partial charge in [0.1, 0.15) is 56.1 Å². The van der Waals surface area contributed by atoms with E-state index in [1.54, 1.807) is 122 Å². The predicted octanol–water partition coefficient (Wildman–Crippen LogP) is 4.18. The van der Waals surface area contributed by atoms with E-state index in [-0.39, 0.29) is 144 Å². The van der Waals surface area contributed by atoms with E-state index in [0.717, 1.165) is 44.7 Å². The molecule has 39 nitrogen and oxygen atoms in total. The smallest absolute Gasteiger partial charge is 0.473 e. The van der Waals surface area contributed by atoms with Gasteiger partial charge in [-0.1, -0.05) is 65.8 Å². The molecule has 0 fully saturated rings. The average molecular weight is 1770 g/mol. The molecule has 11 amide bonds. The van der Waals surface area contributed by atoms with Gasteiger partial charge < -0.3 is 96.5 Å². The number of imide groups is 1. The molecule has 13 rings (SSSR count). The van der Waals surface area contributed by atoms with Gasteiger partial charge in [0, 0.05) is 76.2 Å². The number of aliphatic hydroxyl groups is 2. The number of carbonyl (C=O) groups excluding carboxylic acids is 13. The SMILES string of the molecule is CCc1c2c(nc3ccc(OCNC(=O)OCc4ccc(NC(=O)C(CCCNC(N)=O)NC(=O)[C@@H](NC(=O)CN(CCN5C(=O)C=CC5=O)CC(=O)NCC(=O)N[C@@H](CCCCN)C(=O)Nc5ccc(COC(=O)Oc6ccc7nc8c(c(CC)c7c6)Cn6c-8cc7c(c6=O)COC(=O)[C@]7(O)CC)cc5)C(C)C)cc4)cc13)-c1cc3c(c(=O)n1C2)COC(=O)[C@]3(O)CC. The Morgan fingerprint density at radius 3 is 1.60 bits per heavy atom. The second-order valence-corrected chi connectivity index (χ2v) is 32.0. The van der Waals surface area contributed by atoms with Gasteiger partial charge in [0.05, 0.1) is 77.7 Å². The Balaban J connectivity index is 0.569. The van der Waals surface area contributed by atoms with E-state index in [4.69, 9.17) is 49.9 Å². The first-order chi connectivity index (χ1) is 61.8. The van der Waals surface area contributed by atoms with Crippen molar-refractivity contribution in [3.8, 4) is 34.3 Å². The Bertz CT molecular complexity index is 5950. The molecule has 0 saturated carbocycles. The number of primary amides is 1. The van der Waals surface area contributed by atoms with Crippen molar-refractivity contribution in [2.45, 2.75) is 168 Å². The highest BCUT2D eigenvalue weighted by Crippen LogP contribution is 2.44. The second-order valence-electron chi connectivity index (χ2n) is 32.0. The molecule has 39 heteroatoms. The maximum Gasteiger partial charge on any atom is 0.514 e. The van der Waals surface area contributed by atoms with Crippen molar-refractivity contribution in [3.63, 3.8) is 0 Å². The number of nitrogens with zero attached hydrogens (tertiary/aromatic N) is 6. The van der Waals surface area contributed by atoms with E-state index in [2.05, 4.69) is 42.5 Å². The van der Waals surface area contributed by atoms with Crippen LogP contribution in [0.25, 0.3) is 44.6 Å². The molecule has 129 heavy (non-hydrogen) atoms. The van der Waals surface area contributed by atoms with Crippen LogP contribution in [0.2, 0.25) is 0 Å². The zero-order valence-electron chi connectivity index (χ0n) is 71.8. The summed E-state index contributed by atoms with van der Waals surface area (Å²) in [6.07, 6.45) is 2.52. The Morgan fingerprint density at radius 2 is 1.09 bits per heavy atom. The van der Waals surface area contributed by atoms with Crippen molar-refractivity contribution in [2.75, 3.05) is 63.2 Å². The maximum atomic E-state index is 14.3. The van der Waals surface area contributed by atoms with E-state index in [1.165, 1.54) is 17.0 Å². The average Bonchev–Trinajstić information content (AvgIpc) is 1.55. The number of anilines is 2. The lowest BCUT2D eigenvalue weighted by Crippen LogP contribution is -2.56. The number of carbonyl (C=O) groups is 13. The van der Waals surface area contributed by atoms with Crippen molar-refractivity contribution in [2.24, 2.45) is 17.4 Å². The van der Waals surface area contributed by atoms with Crippen molar-refractivity contribution in [3.05, 3.63) is 186 Å². The molecule has 1 unspecified atom stereocenters. The van der Waals surface area contributed by atoms with Crippen molar-refractivity contribution in [1.29, 1.82) is 0 Å². The molecule has 5 aliphatic rings. The number of pyridine rings is 4. The largest absolute Gasteiger partial charge is 0.514 e. The molecule has 8 aromatic rings. The van der Waals surface area contributed by atoms with Crippen LogP contribution in [0.3, 0.4) is 0 Å². The Hall–Kier alpha value is -14.3. The van der Waals surface area contributed by atoms with E-state index >= 15 is 0 Å². The van der Waals surface area contributed by atoms with Crippen LogP contribution in [-0.2, 0) is 130 Å². The van der Waals surface area contributed by atoms with Crippen LogP contribution < -0.4 is 74.6 Å². The third-order valence-corrected chi connectivity index (χ3v) is 23.3. The lowest BCUT2D eigenvalue weighted by molar-refractivity contribution is -0.172. The minimum absolute atomic E-state index is 0.00414. The van der Waals surface area contributed by atoms with Crippen molar-refractivity contribution >= 4 is 111 Å². The number of aromatic nitrogens is 4. The van der Waals surface area contributed by atoms with Crippen LogP contribution >= 0.6 is 0 Å². The van der Waals surface area contributed by atoms with E-state index < -0.39 is 138 Å². The molecule has 0 radical (unpaired) electrons. The van der Waals surface area contributed by atoms with Gasteiger partial charge in [-0.05, 0) is 165 Å². The van der Waals surface area contributed by atoms with Gasteiger partial charge in [0.15, 0.2) is 17.9 Å². The lowest BCUT2D eigenvalue weighted by atomic mass is 9.86. The molecule has 4 aromatic heterocycles. The first-order valence-electron chi connectivity index (χ1n) is 42.4. The highest BCUT2D eigenvalue weighted by atomic mass is 16.7. The van der Waals surface area contributed by atoms with Crippen LogP contribution in [0.15, 0.2) is 119 Å². The monoisotopic (exact) mass is 1770 g/mol. The molecule has 4 aromatic carbocycles. The summed E-state index contributed by atoms with van der Waals surface area (Å²) in [6.45, 7) is 7.53. The first-order valence-corrected chi connectivity index (χ1v) is 42.4. The van der Waals surface area contributed by atoms with E-state index in [0.29, 0.717) is 87.4 Å². The number of nitrogens with two attached hydrogens (primary N) is 2. The molecule has 0 spiro atoms. The Morgan fingerprint density at radius 1 is 0.574 bits per heavy atom. The number of nitrogens with one attached hydrogen (secondary N) is 8. The summed E-state index contributed by atoms with van der Waals surface area (Å²) in [5.74, 6) is -7.47. The van der Waals surface area contributed by atoms with Gasteiger partial charge in [0.25, 0.3) is 22.9 Å². The number of amides is 11. The van der Waals surface area contributed by atoms with E-state index in [9.17, 15) is 82.1 Å². The standard InChI is InChI=1S/C90H100N16O23/c1-7-55-57-34-53(24-26-65(57)99-77-59(55)39-105-69(77)36-63-61(82(105)115)45-124-84(117)89(63,122)9-3)128-47-95-87(120)126-43-49-16-20-52(21-17-49)97-80(113)68(15-13-31-93-86(92)119)101-81(114)76(48(5)6)102-73(109)42-103(32-33-104-74(110)28-29-75(104)111)41-72(108)94-38-71(107)98-67(14-11-12-30-91)79(112)96-51-22-18-50(19-23-51)44-127-88(121)129-54-25-27-66-58(35-54)56(8-2)60-40-106-70(78(60)100-66)37-64-62(83(106)116)46-125-85(118)90(64,123)10-4/h16-29,34-37,48,67-68,76,122-123H,7-15,30-33,38-47,91H2,1-6H3,(H,94,108)(H,95,120)(H,96,112)(H,97,113)(H,98,107)(H,101,114)(H,102,109)(H3,92,93,119)/t67-,68?,76-,89-,90-/m0/s1. The van der Waals surface area contributed by atoms with Gasteiger partial charge >= 0.3 is 30.2 Å². The summed E-state index contributed by atoms with van der Waals surface area (Å²) in [6, 6.07) is 21.4. The van der Waals surface area contributed by atoms with Crippen molar-refractivity contribution < 1.29 is 101 Å². The highest BCUT2D eigenvalue weighted by Gasteiger charge is 2.48. The summed E-state index contributed by atoms with van der Waals surface area (Å²) in [5.41, 5.74) is 15.3. The van der Waals surface area contributed by atoms with Gasteiger partial charge in [-0.15, -0.1) is 0 Å². The topological polar surface area (TPSA) is 542 Å². The van der Waals surface area contributed by atoms with Crippen LogP contribution in [0.4, 0.5) is 25.8 Å². The first kappa shape index (κ1) is 92.4. The number of hydrogen-bond donors (Lipinski definition) is 12. The third-order valence-electron chi connectivity index (χ3n) is 23.3. The van der Waals surface area contributed by atoms with Crippen LogP contribution in [0.5, 0.6) is 11.5 Å². The third kappa shape index (κ3) is 20.6. The minimum Gasteiger partial charge on any atom is -0.473 e. The number of esters is 2. The molecule has 0 aliphatic carbocycles. The predicted molar refractivity (Wildman–Crippen MR) is 463 cm³/mol. The number of hydrogen-bond acceptors (Lipinski definition) is 27. The summed E-state index contributed by atoms with van der Waals surface area (Å²) in [5, 5.41) is 45.1. The normalized spacial score (nSPS) is 16.3. The fraction of sp³-hybridized carbons (Fsp3) is 0.389. The molecule has 9 heterocycles. The highest BCUT2D eigenvalue weighted by molar-refractivity contribution is 6.13. The van der Waals surface area contributed by atoms with Gasteiger partial charge in [-0.3, -0.25) is 63.1 Å². The maximum absolute atomic E-state index is 14.3. The number of benzene rings is 4. The minimum atomic E-state index is -1.99. The fourth-order valence-electron chi connectivity index (χ4n) is 16.3. The number of unbranched alkanes of at least 4 members (excludes halogenated alkanes) is 1. The van der Waals surface area contributed by atoms with Crippen LogP contribution in [0, 0.1) is 5.92 Å². The Kier molecular flexibility index (Phi) is 28.7. The number of urea groups is 1. The molecular formula is C90H100N16O23. The van der Waals surface area contributed by atoms with Crippen LogP contribution in [-0.4, -0.2) is 187 Å². The molecule has 14 N–H and O–H groups in total. The fourth-order valence-corrected chi connectivity index (χ4v) is 16.3. The molecule has 0 bridgehead atoms. The van der Waals surface area contributed by atoms with Crippen LogP contribution in [0.1, 0.15) is 142 Å². The molecule has 0 saturated heterocycles. The molecular weight excluding hydrogens is 1670 g/mol. The van der Waals surface area contributed by atoms with E-state index in [1.807, 2.05) is 13.8 Å². The number of alkyl carbamates (subject to hydrolysis) is 1. The molecule has 678 valence electrons. The quantitative estimate of drug-likeness (QED) is 0.00644. The lowest BCUT2D eigenvalue weighted by Gasteiger charge is -2.31. The number of rotatable bonds is 38. The van der Waals surface area contributed by atoms with Gasteiger partial charge in [-0.25, -0.2) is 33.9 Å². The van der Waals surface area contributed by atoms with Gasteiger partial charge in [-0.2, -0.15) is 0 Å².